The largest absolute Gasteiger partial charge is 0.481 e. The highest BCUT2D eigenvalue weighted by molar-refractivity contribution is 5.74. The monoisotopic (exact) mass is 282 g/mol. The average Bonchev–Trinajstić information content (AvgIpc) is 2.42. The lowest BCUT2D eigenvalue weighted by Gasteiger charge is -2.36. The van der Waals surface area contributed by atoms with E-state index in [4.69, 9.17) is 5.11 Å². The van der Waals surface area contributed by atoms with E-state index < -0.39 is 5.97 Å². The number of carbonyl (C=O) groups is 2. The first kappa shape index (κ1) is 16.5. The Labute approximate surface area is 121 Å². The summed E-state index contributed by atoms with van der Waals surface area (Å²) in [6.45, 7) is 7.12. The Hall–Kier alpha value is -1.52. The molecule has 1 rings (SSSR count). The smallest absolute Gasteiger partial charge is 0.317 e. The number of hydrogen-bond donors (Lipinski definition) is 2. The number of likely N-dealkylation sites (N-methyl/N-ethyl adjacent to an activating group) is 1. The van der Waals surface area contributed by atoms with Gasteiger partial charge < -0.3 is 15.3 Å². The van der Waals surface area contributed by atoms with Crippen molar-refractivity contribution in [3.05, 3.63) is 12.7 Å². The van der Waals surface area contributed by atoms with Crippen LogP contribution < -0.4 is 5.32 Å². The predicted molar refractivity (Wildman–Crippen MR) is 78.6 cm³/mol. The highest BCUT2D eigenvalue weighted by Crippen LogP contribution is 2.38. The standard InChI is InChI=1S/C15H26N2O3/c1-3-10-17(4-2)14(20)16-12-15(11-13(18)19)8-6-5-7-9-15/h3H,1,4-12H2,2H3,(H,16,20)(H,18,19). The van der Waals surface area contributed by atoms with Crippen LogP contribution in [0.1, 0.15) is 45.4 Å². The van der Waals surface area contributed by atoms with Gasteiger partial charge in [0, 0.05) is 19.6 Å². The number of carboxylic acids is 1. The minimum atomic E-state index is -0.778. The fraction of sp³-hybridized carbons (Fsp3) is 0.733. The molecule has 2 N–H and O–H groups in total. The summed E-state index contributed by atoms with van der Waals surface area (Å²) in [6, 6.07) is -0.136. The number of aliphatic carboxylic acids is 1. The molecule has 0 bridgehead atoms. The second-order valence-electron chi connectivity index (χ2n) is 5.62. The molecule has 0 heterocycles. The van der Waals surface area contributed by atoms with Gasteiger partial charge in [0.2, 0.25) is 0 Å². The predicted octanol–water partition coefficient (Wildman–Crippen LogP) is 2.63. The fourth-order valence-corrected chi connectivity index (χ4v) is 2.92. The van der Waals surface area contributed by atoms with Gasteiger partial charge in [-0.3, -0.25) is 4.79 Å². The van der Waals surface area contributed by atoms with Crippen molar-refractivity contribution >= 4 is 12.0 Å². The van der Waals surface area contributed by atoms with Gasteiger partial charge in [-0.1, -0.05) is 25.3 Å². The molecule has 0 aromatic heterocycles. The zero-order valence-corrected chi connectivity index (χ0v) is 12.4. The molecule has 0 aliphatic heterocycles. The van der Waals surface area contributed by atoms with Crippen LogP contribution in [0.2, 0.25) is 0 Å². The van der Waals surface area contributed by atoms with Crippen molar-refractivity contribution in [2.45, 2.75) is 45.4 Å². The Kier molecular flexibility index (Phi) is 6.55. The van der Waals surface area contributed by atoms with Gasteiger partial charge in [0.1, 0.15) is 0 Å². The van der Waals surface area contributed by atoms with Gasteiger partial charge in [-0.2, -0.15) is 0 Å². The highest BCUT2D eigenvalue weighted by Gasteiger charge is 2.35. The van der Waals surface area contributed by atoms with E-state index in [2.05, 4.69) is 11.9 Å². The van der Waals surface area contributed by atoms with E-state index in [1.54, 1.807) is 11.0 Å². The van der Waals surface area contributed by atoms with Gasteiger partial charge >= 0.3 is 12.0 Å². The molecule has 5 heteroatoms. The van der Waals surface area contributed by atoms with E-state index in [-0.39, 0.29) is 17.9 Å². The normalized spacial score (nSPS) is 17.2. The Bertz CT molecular complexity index is 349. The Morgan fingerprint density at radius 3 is 2.50 bits per heavy atom. The zero-order chi connectivity index (χ0) is 15.0. The summed E-state index contributed by atoms with van der Waals surface area (Å²) in [5.74, 6) is -0.778. The Morgan fingerprint density at radius 2 is 2.00 bits per heavy atom. The number of carbonyl (C=O) groups excluding carboxylic acids is 1. The SMILES string of the molecule is C=CCN(CC)C(=O)NCC1(CC(=O)O)CCCCC1. The molecule has 114 valence electrons. The van der Waals surface area contributed by atoms with Crippen LogP contribution in [0.4, 0.5) is 4.79 Å². The molecule has 0 saturated heterocycles. The van der Waals surface area contributed by atoms with Crippen LogP contribution in [0.15, 0.2) is 12.7 Å². The van der Waals surface area contributed by atoms with Crippen molar-refractivity contribution in [2.75, 3.05) is 19.6 Å². The van der Waals surface area contributed by atoms with E-state index in [0.29, 0.717) is 19.6 Å². The molecule has 1 aliphatic carbocycles. The second-order valence-corrected chi connectivity index (χ2v) is 5.62. The van der Waals surface area contributed by atoms with E-state index in [1.165, 1.54) is 0 Å². The van der Waals surface area contributed by atoms with Crippen molar-refractivity contribution in [1.29, 1.82) is 0 Å². The molecule has 2 amide bonds. The third-order valence-corrected chi connectivity index (χ3v) is 4.07. The molecule has 0 aromatic rings. The minimum absolute atomic E-state index is 0.136. The first-order valence-corrected chi connectivity index (χ1v) is 7.38. The molecule has 0 aromatic carbocycles. The highest BCUT2D eigenvalue weighted by atomic mass is 16.4. The summed E-state index contributed by atoms with van der Waals surface area (Å²) in [6.07, 6.45) is 6.85. The molecular weight excluding hydrogens is 256 g/mol. The van der Waals surface area contributed by atoms with Crippen molar-refractivity contribution in [2.24, 2.45) is 5.41 Å². The number of urea groups is 1. The Balaban J connectivity index is 2.59. The van der Waals surface area contributed by atoms with E-state index in [0.717, 1.165) is 32.1 Å². The molecule has 1 fully saturated rings. The van der Waals surface area contributed by atoms with Gasteiger partial charge in [-0.15, -0.1) is 6.58 Å². The zero-order valence-electron chi connectivity index (χ0n) is 12.4. The maximum atomic E-state index is 12.1. The third kappa shape index (κ3) is 4.87. The number of amides is 2. The maximum Gasteiger partial charge on any atom is 0.317 e. The van der Waals surface area contributed by atoms with Crippen molar-refractivity contribution in [3.8, 4) is 0 Å². The number of hydrogen-bond acceptors (Lipinski definition) is 2. The van der Waals surface area contributed by atoms with E-state index in [9.17, 15) is 9.59 Å². The van der Waals surface area contributed by atoms with Crippen LogP contribution in [0.5, 0.6) is 0 Å². The summed E-state index contributed by atoms with van der Waals surface area (Å²) in [5, 5.41) is 12.0. The maximum absolute atomic E-state index is 12.1. The van der Waals surface area contributed by atoms with Gasteiger partial charge in [0.15, 0.2) is 0 Å². The Morgan fingerprint density at radius 1 is 1.35 bits per heavy atom. The van der Waals surface area contributed by atoms with Gasteiger partial charge in [-0.05, 0) is 25.2 Å². The lowest BCUT2D eigenvalue weighted by molar-refractivity contribution is -0.140. The first-order chi connectivity index (χ1) is 9.53. The van der Waals surface area contributed by atoms with Crippen molar-refractivity contribution in [3.63, 3.8) is 0 Å². The van der Waals surface area contributed by atoms with Gasteiger partial charge in [-0.25, -0.2) is 4.79 Å². The van der Waals surface area contributed by atoms with Gasteiger partial charge in [0.25, 0.3) is 0 Å². The summed E-state index contributed by atoms with van der Waals surface area (Å²) in [7, 11) is 0. The van der Waals surface area contributed by atoms with Crippen LogP contribution in [-0.2, 0) is 4.79 Å². The van der Waals surface area contributed by atoms with E-state index in [1.807, 2.05) is 6.92 Å². The second kappa shape index (κ2) is 7.92. The summed E-state index contributed by atoms with van der Waals surface area (Å²) in [4.78, 5) is 24.8. The lowest BCUT2D eigenvalue weighted by atomic mass is 9.72. The molecule has 0 atom stereocenters. The van der Waals surface area contributed by atoms with Crippen molar-refractivity contribution in [1.82, 2.24) is 10.2 Å². The fourth-order valence-electron chi connectivity index (χ4n) is 2.92. The molecule has 20 heavy (non-hydrogen) atoms. The number of nitrogens with zero attached hydrogens (tertiary/aromatic N) is 1. The lowest BCUT2D eigenvalue weighted by Crippen LogP contribution is -2.46. The topological polar surface area (TPSA) is 69.6 Å². The van der Waals surface area contributed by atoms with Crippen molar-refractivity contribution < 1.29 is 14.7 Å². The summed E-state index contributed by atoms with van der Waals surface area (Å²) >= 11 is 0. The van der Waals surface area contributed by atoms with E-state index >= 15 is 0 Å². The summed E-state index contributed by atoms with van der Waals surface area (Å²) in [5.41, 5.74) is -0.271. The molecular formula is C15H26N2O3. The van der Waals surface area contributed by atoms with Crippen LogP contribution >= 0.6 is 0 Å². The number of nitrogens with one attached hydrogen (secondary N) is 1. The van der Waals surface area contributed by atoms with Gasteiger partial charge in [0.05, 0.1) is 6.42 Å². The molecule has 0 spiro atoms. The molecule has 1 aliphatic rings. The summed E-state index contributed by atoms with van der Waals surface area (Å²) < 4.78 is 0. The third-order valence-electron chi connectivity index (χ3n) is 4.07. The van der Waals surface area contributed by atoms with Crippen LogP contribution in [0, 0.1) is 5.41 Å². The first-order valence-electron chi connectivity index (χ1n) is 7.38. The number of rotatable bonds is 7. The average molecular weight is 282 g/mol. The minimum Gasteiger partial charge on any atom is -0.481 e. The molecule has 0 radical (unpaired) electrons. The molecule has 1 saturated carbocycles. The van der Waals surface area contributed by atoms with Crippen LogP contribution in [0.3, 0.4) is 0 Å². The van der Waals surface area contributed by atoms with Crippen LogP contribution in [0.25, 0.3) is 0 Å². The number of carboxylic acid groups (broad SMARTS) is 1. The molecule has 0 unspecified atom stereocenters. The quantitative estimate of drug-likeness (QED) is 0.705. The van der Waals surface area contributed by atoms with Crippen LogP contribution in [-0.4, -0.2) is 41.6 Å². The molecule has 5 nitrogen and oxygen atoms in total.